The van der Waals surface area contributed by atoms with E-state index < -0.39 is 5.97 Å². The van der Waals surface area contributed by atoms with Gasteiger partial charge in [0.05, 0.1) is 13.1 Å². The van der Waals surface area contributed by atoms with E-state index >= 15 is 0 Å². The summed E-state index contributed by atoms with van der Waals surface area (Å²) in [5, 5.41) is 15.0. The Kier molecular flexibility index (Phi) is 4.59. The van der Waals surface area contributed by atoms with Crippen molar-refractivity contribution in [2.24, 2.45) is 0 Å². The molecule has 2 heterocycles. The van der Waals surface area contributed by atoms with Crippen molar-refractivity contribution in [3.05, 3.63) is 39.2 Å². The highest BCUT2D eigenvalue weighted by atomic mass is 32.1. The molecule has 0 saturated heterocycles. The molecule has 0 unspecified atom stereocenters. The number of carboxylic acid groups (broad SMARTS) is 1. The number of nitrogens with zero attached hydrogens (tertiary/aromatic N) is 1. The monoisotopic (exact) mass is 309 g/mol. The van der Waals surface area contributed by atoms with Crippen LogP contribution in [0.25, 0.3) is 0 Å². The van der Waals surface area contributed by atoms with Crippen molar-refractivity contribution in [1.29, 1.82) is 0 Å². The maximum Gasteiger partial charge on any atom is 0.339 e. The highest BCUT2D eigenvalue weighted by Gasteiger charge is 2.14. The molecular formula is C13H15N3O4S. The van der Waals surface area contributed by atoms with Crippen molar-refractivity contribution < 1.29 is 19.1 Å². The average molecular weight is 309 g/mol. The summed E-state index contributed by atoms with van der Waals surface area (Å²) in [6, 6.07) is 1.04. The van der Waals surface area contributed by atoms with Gasteiger partial charge in [-0.2, -0.15) is 0 Å². The van der Waals surface area contributed by atoms with Crippen LogP contribution in [0.1, 0.15) is 31.8 Å². The maximum atomic E-state index is 11.6. The summed E-state index contributed by atoms with van der Waals surface area (Å²) in [5.41, 5.74) is 0.102. The molecule has 0 bridgehead atoms. The van der Waals surface area contributed by atoms with E-state index in [0.29, 0.717) is 18.1 Å². The number of carbonyl (C=O) groups is 2. The van der Waals surface area contributed by atoms with Crippen LogP contribution in [0.15, 0.2) is 16.7 Å². The number of carbonyl (C=O) groups excluding carboxylic acids is 1. The van der Waals surface area contributed by atoms with Crippen molar-refractivity contribution in [2.75, 3.05) is 0 Å². The number of rotatable bonds is 5. The predicted octanol–water partition coefficient (Wildman–Crippen LogP) is 2.05. The second kappa shape index (κ2) is 6.40. The smallest absolute Gasteiger partial charge is 0.339 e. The summed E-state index contributed by atoms with van der Waals surface area (Å²) in [7, 11) is 0. The second-order valence-corrected chi connectivity index (χ2v) is 5.71. The van der Waals surface area contributed by atoms with Gasteiger partial charge in [0.2, 0.25) is 0 Å². The third-order valence-corrected chi connectivity index (χ3v) is 3.60. The molecule has 0 fully saturated rings. The number of nitrogens with one attached hydrogen (secondary N) is 2. The van der Waals surface area contributed by atoms with Gasteiger partial charge in [-0.3, -0.25) is 0 Å². The Labute approximate surface area is 125 Å². The Balaban J connectivity index is 1.81. The minimum Gasteiger partial charge on any atom is -0.478 e. The number of thiazole rings is 1. The minimum absolute atomic E-state index is 0.102. The van der Waals surface area contributed by atoms with E-state index in [4.69, 9.17) is 9.52 Å². The molecule has 7 nitrogen and oxygen atoms in total. The van der Waals surface area contributed by atoms with E-state index in [2.05, 4.69) is 15.6 Å². The Morgan fingerprint density at radius 2 is 2.05 bits per heavy atom. The molecule has 0 aliphatic rings. The predicted molar refractivity (Wildman–Crippen MR) is 76.3 cm³/mol. The lowest BCUT2D eigenvalue weighted by Crippen LogP contribution is -2.34. The molecule has 112 valence electrons. The molecule has 0 aliphatic carbocycles. The number of furan rings is 1. The van der Waals surface area contributed by atoms with Crippen LogP contribution in [-0.2, 0) is 13.1 Å². The Morgan fingerprint density at radius 3 is 2.62 bits per heavy atom. The van der Waals surface area contributed by atoms with Gasteiger partial charge in [-0.25, -0.2) is 14.6 Å². The van der Waals surface area contributed by atoms with Crippen molar-refractivity contribution in [2.45, 2.75) is 26.9 Å². The zero-order valence-electron chi connectivity index (χ0n) is 11.6. The van der Waals surface area contributed by atoms with Gasteiger partial charge in [-0.15, -0.1) is 11.3 Å². The lowest BCUT2D eigenvalue weighted by Gasteiger charge is -2.04. The Bertz CT molecular complexity index is 662. The van der Waals surface area contributed by atoms with Crippen LogP contribution >= 0.6 is 11.3 Å². The number of hydrogen-bond acceptors (Lipinski definition) is 5. The first-order valence-corrected chi connectivity index (χ1v) is 7.03. The molecule has 8 heteroatoms. The Hall–Kier alpha value is -2.35. The first-order valence-electron chi connectivity index (χ1n) is 6.21. The molecule has 0 aliphatic heterocycles. The van der Waals surface area contributed by atoms with E-state index in [1.807, 2.05) is 6.92 Å². The third-order valence-electron chi connectivity index (χ3n) is 2.69. The van der Waals surface area contributed by atoms with Gasteiger partial charge < -0.3 is 20.2 Å². The summed E-state index contributed by atoms with van der Waals surface area (Å²) in [6.07, 6.45) is 1.75. The van der Waals surface area contributed by atoms with Gasteiger partial charge in [0, 0.05) is 11.1 Å². The normalized spacial score (nSPS) is 10.4. The first kappa shape index (κ1) is 15.0. The van der Waals surface area contributed by atoms with E-state index in [1.54, 1.807) is 13.1 Å². The van der Waals surface area contributed by atoms with Gasteiger partial charge in [-0.1, -0.05) is 0 Å². The van der Waals surface area contributed by atoms with E-state index in [1.165, 1.54) is 17.4 Å². The fourth-order valence-corrected chi connectivity index (χ4v) is 2.44. The van der Waals surface area contributed by atoms with Crippen molar-refractivity contribution >= 4 is 23.3 Å². The standard InChI is InChI=1S/C13H15N3O4S/c1-7-4-14-11(21-7)6-16-13(19)15-5-9-3-10(12(17)18)8(2)20-9/h3-4H,5-6H2,1-2H3,(H,17,18)(H2,15,16,19). The Morgan fingerprint density at radius 1 is 1.33 bits per heavy atom. The third kappa shape index (κ3) is 4.06. The van der Waals surface area contributed by atoms with E-state index in [-0.39, 0.29) is 18.1 Å². The molecule has 3 N–H and O–H groups in total. The minimum atomic E-state index is -1.05. The van der Waals surface area contributed by atoms with Gasteiger partial charge in [-0.05, 0) is 19.9 Å². The molecule has 0 saturated carbocycles. The summed E-state index contributed by atoms with van der Waals surface area (Å²) in [5.74, 6) is -0.339. The maximum absolute atomic E-state index is 11.6. The highest BCUT2D eigenvalue weighted by molar-refractivity contribution is 7.11. The molecular weight excluding hydrogens is 294 g/mol. The molecule has 0 atom stereocenters. The fourth-order valence-electron chi connectivity index (χ4n) is 1.71. The van der Waals surface area contributed by atoms with Crippen LogP contribution in [0.5, 0.6) is 0 Å². The number of amides is 2. The quantitative estimate of drug-likeness (QED) is 0.784. The van der Waals surface area contributed by atoms with E-state index in [0.717, 1.165) is 9.88 Å². The van der Waals surface area contributed by atoms with E-state index in [9.17, 15) is 9.59 Å². The number of aryl methyl sites for hydroxylation is 2. The zero-order valence-corrected chi connectivity index (χ0v) is 12.4. The van der Waals surface area contributed by atoms with Crippen LogP contribution in [0, 0.1) is 13.8 Å². The summed E-state index contributed by atoms with van der Waals surface area (Å²) < 4.78 is 5.26. The van der Waals surface area contributed by atoms with Gasteiger partial charge in [0.1, 0.15) is 22.1 Å². The van der Waals surface area contributed by atoms with Gasteiger partial charge in [0.15, 0.2) is 0 Å². The van der Waals surface area contributed by atoms with Gasteiger partial charge >= 0.3 is 12.0 Å². The fraction of sp³-hybridized carbons (Fsp3) is 0.308. The summed E-state index contributed by atoms with van der Waals surface area (Å²) >= 11 is 1.52. The van der Waals surface area contributed by atoms with Crippen LogP contribution < -0.4 is 10.6 Å². The van der Waals surface area contributed by atoms with Crippen molar-refractivity contribution in [1.82, 2.24) is 15.6 Å². The van der Waals surface area contributed by atoms with Crippen LogP contribution in [0.2, 0.25) is 0 Å². The molecule has 0 aromatic carbocycles. The van der Waals surface area contributed by atoms with Crippen molar-refractivity contribution in [3.63, 3.8) is 0 Å². The van der Waals surface area contributed by atoms with Crippen LogP contribution in [-0.4, -0.2) is 22.1 Å². The number of aromatic carboxylic acids is 1. The number of aromatic nitrogens is 1. The highest BCUT2D eigenvalue weighted by Crippen LogP contribution is 2.14. The second-order valence-electron chi connectivity index (χ2n) is 4.39. The summed E-state index contributed by atoms with van der Waals surface area (Å²) in [4.78, 5) is 27.7. The number of carboxylic acids is 1. The first-order chi connectivity index (χ1) is 9.95. The van der Waals surface area contributed by atoms with Crippen molar-refractivity contribution in [3.8, 4) is 0 Å². The average Bonchev–Trinajstić information content (AvgIpc) is 3.00. The summed E-state index contributed by atoms with van der Waals surface area (Å²) in [6.45, 7) is 3.98. The molecule has 21 heavy (non-hydrogen) atoms. The largest absolute Gasteiger partial charge is 0.478 e. The SMILES string of the molecule is Cc1cnc(CNC(=O)NCc2cc(C(=O)O)c(C)o2)s1. The molecule has 2 aromatic heterocycles. The van der Waals surface area contributed by atoms with Gasteiger partial charge in [0.25, 0.3) is 0 Å². The van der Waals surface area contributed by atoms with Crippen LogP contribution in [0.3, 0.4) is 0 Å². The molecule has 0 spiro atoms. The molecule has 2 amide bonds. The van der Waals surface area contributed by atoms with Crippen LogP contribution in [0.4, 0.5) is 4.79 Å². The molecule has 2 rings (SSSR count). The molecule has 0 radical (unpaired) electrons. The number of urea groups is 1. The lowest BCUT2D eigenvalue weighted by atomic mass is 10.2. The molecule has 2 aromatic rings. The zero-order chi connectivity index (χ0) is 15.4. The number of hydrogen-bond donors (Lipinski definition) is 3. The lowest BCUT2D eigenvalue weighted by molar-refractivity contribution is 0.0695. The topological polar surface area (TPSA) is 104 Å².